The Morgan fingerprint density at radius 3 is 2.69 bits per heavy atom. The normalized spacial score (nSPS) is 12.8. The summed E-state index contributed by atoms with van der Waals surface area (Å²) in [6.45, 7) is 3.66. The molecular formula is C12H12FNOS. The number of nitrogens with zero attached hydrogens (tertiary/aromatic N) is 1. The van der Waals surface area contributed by atoms with E-state index in [9.17, 15) is 9.50 Å². The number of hydrogen-bond donors (Lipinski definition) is 1. The van der Waals surface area contributed by atoms with Crippen LogP contribution in [0.25, 0.3) is 0 Å². The fraction of sp³-hybridized carbons (Fsp3) is 0.250. The van der Waals surface area contributed by atoms with Crippen molar-refractivity contribution in [3.8, 4) is 0 Å². The monoisotopic (exact) mass is 237 g/mol. The summed E-state index contributed by atoms with van der Waals surface area (Å²) in [5, 5.41) is 12.6. The van der Waals surface area contributed by atoms with Crippen LogP contribution in [0.1, 0.15) is 27.9 Å². The van der Waals surface area contributed by atoms with E-state index < -0.39 is 6.10 Å². The summed E-state index contributed by atoms with van der Waals surface area (Å²) in [5.41, 5.74) is 2.33. The molecule has 0 aliphatic heterocycles. The lowest BCUT2D eigenvalue weighted by Gasteiger charge is -2.10. The number of rotatable bonds is 2. The van der Waals surface area contributed by atoms with E-state index in [1.165, 1.54) is 23.5 Å². The molecule has 1 aromatic heterocycles. The second-order valence-electron chi connectivity index (χ2n) is 3.73. The Balaban J connectivity index is 2.37. The first-order chi connectivity index (χ1) is 7.58. The molecule has 1 atom stereocenters. The van der Waals surface area contributed by atoms with E-state index >= 15 is 0 Å². The van der Waals surface area contributed by atoms with Crippen molar-refractivity contribution in [3.63, 3.8) is 0 Å². The number of halogens is 1. The Labute approximate surface area is 97.4 Å². The van der Waals surface area contributed by atoms with Gasteiger partial charge in [-0.1, -0.05) is 6.07 Å². The van der Waals surface area contributed by atoms with Crippen LogP contribution in [0.15, 0.2) is 23.6 Å². The van der Waals surface area contributed by atoms with Crippen molar-refractivity contribution in [1.29, 1.82) is 0 Å². The largest absolute Gasteiger partial charge is 0.381 e. The second-order valence-corrected chi connectivity index (χ2v) is 4.62. The first-order valence-electron chi connectivity index (χ1n) is 4.94. The highest BCUT2D eigenvalue weighted by Gasteiger charge is 2.16. The quantitative estimate of drug-likeness (QED) is 0.871. The zero-order chi connectivity index (χ0) is 11.7. The van der Waals surface area contributed by atoms with Gasteiger partial charge in [-0.15, -0.1) is 11.3 Å². The number of hydrogen-bond acceptors (Lipinski definition) is 3. The number of aromatic nitrogens is 1. The average Bonchev–Trinajstić information content (AvgIpc) is 2.64. The first kappa shape index (κ1) is 11.2. The van der Waals surface area contributed by atoms with Crippen LogP contribution < -0.4 is 0 Å². The summed E-state index contributed by atoms with van der Waals surface area (Å²) >= 11 is 1.41. The molecule has 0 aliphatic rings. The maximum absolute atomic E-state index is 12.9. The molecule has 0 bridgehead atoms. The summed E-state index contributed by atoms with van der Waals surface area (Å²) in [5.74, 6) is -0.288. The van der Waals surface area contributed by atoms with E-state index in [-0.39, 0.29) is 5.82 Å². The molecule has 0 saturated heterocycles. The van der Waals surface area contributed by atoms with Crippen molar-refractivity contribution in [3.05, 3.63) is 51.2 Å². The maximum Gasteiger partial charge on any atom is 0.131 e. The van der Waals surface area contributed by atoms with Crippen LogP contribution in [-0.2, 0) is 0 Å². The first-order valence-corrected chi connectivity index (χ1v) is 5.82. The van der Waals surface area contributed by atoms with E-state index in [0.717, 1.165) is 11.3 Å². The molecule has 0 aliphatic carbocycles. The van der Waals surface area contributed by atoms with Crippen LogP contribution >= 0.6 is 11.3 Å². The third-order valence-corrected chi connectivity index (χ3v) is 3.41. The smallest absolute Gasteiger partial charge is 0.131 e. The molecule has 0 saturated carbocycles. The predicted molar refractivity (Wildman–Crippen MR) is 62.0 cm³/mol. The molecule has 0 spiro atoms. The summed E-state index contributed by atoms with van der Waals surface area (Å²) < 4.78 is 12.9. The van der Waals surface area contributed by atoms with Gasteiger partial charge in [0.25, 0.3) is 0 Å². The highest BCUT2D eigenvalue weighted by atomic mass is 32.1. The van der Waals surface area contributed by atoms with Gasteiger partial charge in [0.1, 0.15) is 16.9 Å². The highest BCUT2D eigenvalue weighted by molar-refractivity contribution is 7.09. The molecule has 2 aromatic rings. The average molecular weight is 237 g/mol. The second kappa shape index (κ2) is 4.31. The molecule has 1 N–H and O–H groups in total. The molecule has 0 fully saturated rings. The van der Waals surface area contributed by atoms with Gasteiger partial charge in [-0.3, -0.25) is 0 Å². The predicted octanol–water partition coefficient (Wildman–Crippen LogP) is 2.98. The van der Waals surface area contributed by atoms with Crippen LogP contribution in [0.5, 0.6) is 0 Å². The van der Waals surface area contributed by atoms with Crippen LogP contribution in [0.3, 0.4) is 0 Å². The van der Waals surface area contributed by atoms with Crippen molar-refractivity contribution in [2.45, 2.75) is 20.0 Å². The maximum atomic E-state index is 12.9. The lowest BCUT2D eigenvalue weighted by atomic mass is 10.0. The van der Waals surface area contributed by atoms with Crippen molar-refractivity contribution >= 4 is 11.3 Å². The SMILES string of the molecule is Cc1csc(C(O)c2ccc(F)cc2C)n1. The molecule has 0 amide bonds. The molecule has 0 radical (unpaired) electrons. The van der Waals surface area contributed by atoms with E-state index in [2.05, 4.69) is 4.98 Å². The van der Waals surface area contributed by atoms with Crippen molar-refractivity contribution in [2.75, 3.05) is 0 Å². The van der Waals surface area contributed by atoms with Gasteiger partial charge in [0, 0.05) is 11.1 Å². The molecule has 1 aromatic carbocycles. The minimum atomic E-state index is -0.765. The van der Waals surface area contributed by atoms with Gasteiger partial charge in [0.05, 0.1) is 0 Å². The lowest BCUT2D eigenvalue weighted by molar-refractivity contribution is 0.218. The molecule has 4 heteroatoms. The zero-order valence-corrected chi connectivity index (χ0v) is 9.88. The topological polar surface area (TPSA) is 33.1 Å². The van der Waals surface area contributed by atoms with Crippen molar-refractivity contribution in [2.24, 2.45) is 0 Å². The highest BCUT2D eigenvalue weighted by Crippen LogP contribution is 2.27. The standard InChI is InChI=1S/C12H12FNOS/c1-7-5-9(13)3-4-10(7)11(15)12-14-8(2)6-16-12/h3-6,11,15H,1-2H3. The minimum absolute atomic E-state index is 0.288. The molecule has 2 rings (SSSR count). The van der Waals surface area contributed by atoms with E-state index in [1.54, 1.807) is 13.0 Å². The molecule has 84 valence electrons. The number of benzene rings is 1. The Morgan fingerprint density at radius 2 is 2.12 bits per heavy atom. The van der Waals surface area contributed by atoms with Crippen LogP contribution in [0, 0.1) is 19.7 Å². The van der Waals surface area contributed by atoms with Gasteiger partial charge in [-0.2, -0.15) is 0 Å². The Bertz CT molecular complexity index is 509. The van der Waals surface area contributed by atoms with Gasteiger partial charge in [-0.05, 0) is 37.1 Å². The van der Waals surface area contributed by atoms with E-state index in [4.69, 9.17) is 0 Å². The van der Waals surface area contributed by atoms with Crippen molar-refractivity contribution < 1.29 is 9.50 Å². The fourth-order valence-corrected chi connectivity index (χ4v) is 2.37. The van der Waals surface area contributed by atoms with E-state index in [1.807, 2.05) is 12.3 Å². The lowest BCUT2D eigenvalue weighted by Crippen LogP contribution is -2.02. The number of thiazole rings is 1. The Kier molecular flexibility index (Phi) is 3.03. The number of aryl methyl sites for hydroxylation is 2. The molecule has 1 heterocycles. The molecular weight excluding hydrogens is 225 g/mol. The zero-order valence-electron chi connectivity index (χ0n) is 9.07. The van der Waals surface area contributed by atoms with Gasteiger partial charge in [0.15, 0.2) is 0 Å². The van der Waals surface area contributed by atoms with Gasteiger partial charge in [-0.25, -0.2) is 9.37 Å². The van der Waals surface area contributed by atoms with Crippen LogP contribution in [0.4, 0.5) is 4.39 Å². The third kappa shape index (κ3) is 2.13. The molecule has 16 heavy (non-hydrogen) atoms. The van der Waals surface area contributed by atoms with Crippen LogP contribution in [-0.4, -0.2) is 10.1 Å². The Hall–Kier alpha value is -1.26. The molecule has 1 unspecified atom stereocenters. The number of aliphatic hydroxyl groups is 1. The summed E-state index contributed by atoms with van der Waals surface area (Å²) in [7, 11) is 0. The van der Waals surface area contributed by atoms with Crippen molar-refractivity contribution in [1.82, 2.24) is 4.98 Å². The Morgan fingerprint density at radius 1 is 1.38 bits per heavy atom. The number of aliphatic hydroxyl groups excluding tert-OH is 1. The van der Waals surface area contributed by atoms with Gasteiger partial charge < -0.3 is 5.11 Å². The van der Waals surface area contributed by atoms with Crippen LogP contribution in [0.2, 0.25) is 0 Å². The third-order valence-electron chi connectivity index (χ3n) is 2.40. The summed E-state index contributed by atoms with van der Waals surface area (Å²) in [6, 6.07) is 4.37. The van der Waals surface area contributed by atoms with Gasteiger partial charge >= 0.3 is 0 Å². The summed E-state index contributed by atoms with van der Waals surface area (Å²) in [6.07, 6.45) is -0.765. The molecule has 2 nitrogen and oxygen atoms in total. The minimum Gasteiger partial charge on any atom is -0.381 e. The van der Waals surface area contributed by atoms with Gasteiger partial charge in [0.2, 0.25) is 0 Å². The summed E-state index contributed by atoms with van der Waals surface area (Å²) in [4.78, 5) is 4.23. The fourth-order valence-electron chi connectivity index (χ4n) is 1.58. The van der Waals surface area contributed by atoms with E-state index in [0.29, 0.717) is 10.6 Å².